The van der Waals surface area contributed by atoms with Crippen molar-refractivity contribution in [1.82, 2.24) is 4.98 Å². The Balaban J connectivity index is 2.24. The van der Waals surface area contributed by atoms with E-state index in [4.69, 9.17) is 0 Å². The number of anilines is 1. The first-order valence-corrected chi connectivity index (χ1v) is 7.10. The predicted octanol–water partition coefficient (Wildman–Crippen LogP) is 4.08. The Morgan fingerprint density at radius 1 is 1.33 bits per heavy atom. The van der Waals surface area contributed by atoms with E-state index < -0.39 is 0 Å². The molecule has 0 saturated heterocycles. The molecule has 0 fully saturated rings. The van der Waals surface area contributed by atoms with Gasteiger partial charge in [-0.1, -0.05) is 22.0 Å². The fraction of sp³-hybridized carbons (Fsp3) is 0.231. The van der Waals surface area contributed by atoms with Crippen molar-refractivity contribution in [2.75, 3.05) is 5.32 Å². The number of nitrogens with zero attached hydrogens (tertiary/aromatic N) is 1. The topological polar surface area (TPSA) is 42.0 Å². The Labute approximate surface area is 118 Å². The van der Waals surface area contributed by atoms with E-state index in [1.807, 2.05) is 39.0 Å². The highest BCUT2D eigenvalue weighted by Gasteiger charge is 2.13. The molecule has 0 unspecified atom stereocenters. The minimum absolute atomic E-state index is 0.123. The summed E-state index contributed by atoms with van der Waals surface area (Å²) < 4.78 is 0.932. The number of carbonyl (C=O) groups excluding carboxylic acids is 1. The SMILES string of the molecule is Cc1nc(NC(=O)c2cccc(Br)c2C)sc1C. The number of hydrogen-bond donors (Lipinski definition) is 1. The number of hydrogen-bond acceptors (Lipinski definition) is 3. The van der Waals surface area contributed by atoms with Gasteiger partial charge in [-0.3, -0.25) is 10.1 Å². The number of nitrogens with one attached hydrogen (secondary N) is 1. The van der Waals surface area contributed by atoms with Crippen LogP contribution in [0.1, 0.15) is 26.5 Å². The average Bonchev–Trinajstić information content (AvgIpc) is 2.61. The lowest BCUT2D eigenvalue weighted by atomic mass is 10.1. The minimum atomic E-state index is -0.123. The highest BCUT2D eigenvalue weighted by molar-refractivity contribution is 9.10. The van der Waals surface area contributed by atoms with Gasteiger partial charge >= 0.3 is 0 Å². The molecule has 0 aliphatic heterocycles. The highest BCUT2D eigenvalue weighted by Crippen LogP contribution is 2.24. The monoisotopic (exact) mass is 324 g/mol. The van der Waals surface area contributed by atoms with Gasteiger partial charge in [-0.15, -0.1) is 11.3 Å². The molecule has 0 bridgehead atoms. The van der Waals surface area contributed by atoms with Crippen LogP contribution < -0.4 is 5.32 Å². The molecular weight excluding hydrogens is 312 g/mol. The van der Waals surface area contributed by atoms with Gasteiger partial charge in [0.2, 0.25) is 0 Å². The fourth-order valence-corrected chi connectivity index (χ4v) is 2.72. The van der Waals surface area contributed by atoms with Gasteiger partial charge in [0.1, 0.15) is 0 Å². The summed E-state index contributed by atoms with van der Waals surface area (Å²) in [5, 5.41) is 3.48. The van der Waals surface area contributed by atoms with Gasteiger partial charge in [-0.05, 0) is 38.5 Å². The van der Waals surface area contributed by atoms with Gasteiger partial charge in [-0.2, -0.15) is 0 Å². The van der Waals surface area contributed by atoms with Crippen LogP contribution in [-0.4, -0.2) is 10.9 Å². The maximum Gasteiger partial charge on any atom is 0.257 e. The lowest BCUT2D eigenvalue weighted by Gasteiger charge is -2.06. The molecule has 3 nitrogen and oxygen atoms in total. The Morgan fingerprint density at radius 3 is 2.67 bits per heavy atom. The molecule has 0 atom stereocenters. The van der Waals surface area contributed by atoms with Crippen LogP contribution in [-0.2, 0) is 0 Å². The molecule has 1 N–H and O–H groups in total. The smallest absolute Gasteiger partial charge is 0.257 e. The Morgan fingerprint density at radius 2 is 2.06 bits per heavy atom. The highest BCUT2D eigenvalue weighted by atomic mass is 79.9. The van der Waals surface area contributed by atoms with Crippen molar-refractivity contribution >= 4 is 38.3 Å². The maximum absolute atomic E-state index is 12.1. The Bertz CT molecular complexity index is 588. The van der Waals surface area contributed by atoms with Gasteiger partial charge in [-0.25, -0.2) is 4.98 Å². The summed E-state index contributed by atoms with van der Waals surface area (Å²) in [5.41, 5.74) is 2.55. The van der Waals surface area contributed by atoms with Crippen LogP contribution in [0.3, 0.4) is 0 Å². The van der Waals surface area contributed by atoms with E-state index in [-0.39, 0.29) is 5.91 Å². The molecule has 5 heteroatoms. The lowest BCUT2D eigenvalue weighted by molar-refractivity contribution is 0.102. The van der Waals surface area contributed by atoms with Crippen molar-refractivity contribution in [2.45, 2.75) is 20.8 Å². The second-order valence-corrected chi connectivity index (χ2v) is 6.08. The number of rotatable bonds is 2. The zero-order chi connectivity index (χ0) is 13.3. The average molecular weight is 325 g/mol. The van der Waals surface area contributed by atoms with Crippen LogP contribution in [0.25, 0.3) is 0 Å². The summed E-state index contributed by atoms with van der Waals surface area (Å²) in [5.74, 6) is -0.123. The number of benzene rings is 1. The van der Waals surface area contributed by atoms with E-state index in [1.165, 1.54) is 11.3 Å². The molecule has 1 heterocycles. The van der Waals surface area contributed by atoms with E-state index >= 15 is 0 Å². The largest absolute Gasteiger partial charge is 0.298 e. The van der Waals surface area contributed by atoms with Crippen LogP contribution >= 0.6 is 27.3 Å². The zero-order valence-electron chi connectivity index (χ0n) is 10.4. The van der Waals surface area contributed by atoms with Gasteiger partial charge in [0.05, 0.1) is 5.69 Å². The van der Waals surface area contributed by atoms with Crippen molar-refractivity contribution in [3.8, 4) is 0 Å². The molecule has 1 aromatic carbocycles. The summed E-state index contributed by atoms with van der Waals surface area (Å²) in [6.07, 6.45) is 0. The van der Waals surface area contributed by atoms with Crippen molar-refractivity contribution in [3.05, 3.63) is 44.4 Å². The molecule has 94 valence electrons. The first kappa shape index (κ1) is 13.2. The van der Waals surface area contributed by atoms with E-state index in [1.54, 1.807) is 0 Å². The predicted molar refractivity (Wildman–Crippen MR) is 78.4 cm³/mol. The Hall–Kier alpha value is -1.20. The van der Waals surface area contributed by atoms with Crippen molar-refractivity contribution < 1.29 is 4.79 Å². The quantitative estimate of drug-likeness (QED) is 0.904. The molecular formula is C13H13BrN2OS. The van der Waals surface area contributed by atoms with Crippen molar-refractivity contribution in [1.29, 1.82) is 0 Å². The normalized spacial score (nSPS) is 10.4. The van der Waals surface area contributed by atoms with Gasteiger partial charge in [0.15, 0.2) is 5.13 Å². The number of amides is 1. The maximum atomic E-state index is 12.1. The van der Waals surface area contributed by atoms with Gasteiger partial charge in [0.25, 0.3) is 5.91 Å². The van der Waals surface area contributed by atoms with E-state index in [2.05, 4.69) is 26.2 Å². The second kappa shape index (κ2) is 5.20. The zero-order valence-corrected chi connectivity index (χ0v) is 12.8. The fourth-order valence-electron chi connectivity index (χ4n) is 1.54. The minimum Gasteiger partial charge on any atom is -0.298 e. The van der Waals surface area contributed by atoms with Gasteiger partial charge < -0.3 is 0 Å². The number of thiazole rings is 1. The summed E-state index contributed by atoms with van der Waals surface area (Å²) in [4.78, 5) is 17.6. The van der Waals surface area contributed by atoms with Crippen LogP contribution in [0.5, 0.6) is 0 Å². The molecule has 0 spiro atoms. The number of halogens is 1. The van der Waals surface area contributed by atoms with Crippen molar-refractivity contribution in [2.24, 2.45) is 0 Å². The third kappa shape index (κ3) is 2.62. The summed E-state index contributed by atoms with van der Waals surface area (Å²) in [7, 11) is 0. The molecule has 1 aromatic heterocycles. The molecule has 2 aromatic rings. The molecule has 18 heavy (non-hydrogen) atoms. The van der Waals surface area contributed by atoms with Crippen LogP contribution in [0, 0.1) is 20.8 Å². The first-order valence-electron chi connectivity index (χ1n) is 5.49. The summed E-state index contributed by atoms with van der Waals surface area (Å²) in [6, 6.07) is 5.58. The Kier molecular flexibility index (Phi) is 3.82. The standard InChI is InChI=1S/C13H13BrN2OS/c1-7-10(5-4-6-11(7)14)12(17)16-13-15-8(2)9(3)18-13/h4-6H,1-3H3,(H,15,16,17). The molecule has 0 radical (unpaired) electrons. The molecule has 0 aliphatic carbocycles. The van der Waals surface area contributed by atoms with E-state index in [0.29, 0.717) is 10.7 Å². The van der Waals surface area contributed by atoms with Crippen molar-refractivity contribution in [3.63, 3.8) is 0 Å². The molecule has 0 saturated carbocycles. The third-order valence-corrected chi connectivity index (χ3v) is 4.61. The number of aryl methyl sites for hydroxylation is 2. The van der Waals surface area contributed by atoms with E-state index in [0.717, 1.165) is 20.6 Å². The summed E-state index contributed by atoms with van der Waals surface area (Å²) >= 11 is 4.92. The number of aromatic nitrogens is 1. The molecule has 0 aliphatic rings. The lowest BCUT2D eigenvalue weighted by Crippen LogP contribution is -2.13. The third-order valence-electron chi connectivity index (χ3n) is 2.76. The molecule has 2 rings (SSSR count). The van der Waals surface area contributed by atoms with E-state index in [9.17, 15) is 4.79 Å². The first-order chi connectivity index (χ1) is 8.49. The molecule has 1 amide bonds. The second-order valence-electron chi connectivity index (χ2n) is 4.03. The van der Waals surface area contributed by atoms with Crippen LogP contribution in [0.15, 0.2) is 22.7 Å². The van der Waals surface area contributed by atoms with Crippen LogP contribution in [0.2, 0.25) is 0 Å². The summed E-state index contributed by atoms with van der Waals surface area (Å²) in [6.45, 7) is 5.84. The number of carbonyl (C=O) groups is 1. The van der Waals surface area contributed by atoms with Gasteiger partial charge in [0, 0.05) is 14.9 Å². The van der Waals surface area contributed by atoms with Crippen LogP contribution in [0.4, 0.5) is 5.13 Å².